The van der Waals surface area contributed by atoms with Crippen molar-refractivity contribution in [3.8, 4) is 0 Å². The van der Waals surface area contributed by atoms with E-state index >= 15 is 0 Å². The summed E-state index contributed by atoms with van der Waals surface area (Å²) in [6, 6.07) is 9.24. The van der Waals surface area contributed by atoms with E-state index in [1.54, 1.807) is 6.26 Å². The van der Waals surface area contributed by atoms with Crippen LogP contribution < -0.4 is 0 Å². The zero-order valence-corrected chi connectivity index (χ0v) is 12.1. The molecular weight excluding hydrogens is 254 g/mol. The lowest BCUT2D eigenvalue weighted by molar-refractivity contribution is 0.154. The molecule has 0 radical (unpaired) electrons. The van der Waals surface area contributed by atoms with E-state index in [1.807, 2.05) is 18.0 Å². The minimum atomic E-state index is 0.654. The topological polar surface area (TPSA) is 16.4 Å². The third-order valence-corrected chi connectivity index (χ3v) is 5.96. The summed E-state index contributed by atoms with van der Waals surface area (Å²) in [5, 5.41) is 1.19. The molecule has 1 aliphatic carbocycles. The summed E-state index contributed by atoms with van der Waals surface area (Å²) in [7, 11) is 0. The number of rotatable bonds is 2. The summed E-state index contributed by atoms with van der Waals surface area (Å²) in [6.45, 7) is 3.63. The Labute approximate surface area is 118 Å². The first kappa shape index (κ1) is 11.9. The van der Waals surface area contributed by atoms with E-state index in [1.165, 1.54) is 42.5 Å². The second-order valence-corrected chi connectivity index (χ2v) is 7.32. The highest BCUT2D eigenvalue weighted by molar-refractivity contribution is 7.97. The fourth-order valence-corrected chi connectivity index (χ4v) is 4.72. The standard InChI is InChI=1S/C16H19NOS/c1-12-10-16(6-2-7-16)11-17(12)19-14-4-3-13-5-8-18-15(13)9-14/h3-5,8-9,12H,2,6-7,10-11H2,1H3/t12-/m0/s1. The molecule has 2 aromatic rings. The van der Waals surface area contributed by atoms with Crippen LogP contribution >= 0.6 is 11.9 Å². The van der Waals surface area contributed by atoms with Crippen LogP contribution in [0.4, 0.5) is 0 Å². The van der Waals surface area contributed by atoms with E-state index in [-0.39, 0.29) is 0 Å². The first-order valence-electron chi connectivity index (χ1n) is 7.16. The predicted octanol–water partition coefficient (Wildman–Crippen LogP) is 4.70. The molecule has 1 spiro atoms. The van der Waals surface area contributed by atoms with Gasteiger partial charge in [-0.3, -0.25) is 0 Å². The van der Waals surface area contributed by atoms with E-state index in [4.69, 9.17) is 4.42 Å². The fraction of sp³-hybridized carbons (Fsp3) is 0.500. The van der Waals surface area contributed by atoms with Crippen molar-refractivity contribution in [3.63, 3.8) is 0 Å². The Morgan fingerprint density at radius 2 is 2.21 bits per heavy atom. The van der Waals surface area contributed by atoms with E-state index in [0.717, 1.165) is 5.58 Å². The van der Waals surface area contributed by atoms with Crippen LogP contribution in [0, 0.1) is 5.41 Å². The highest BCUT2D eigenvalue weighted by Gasteiger charge is 2.46. The normalized spacial score (nSPS) is 26.1. The summed E-state index contributed by atoms with van der Waals surface area (Å²) in [4.78, 5) is 1.30. The van der Waals surface area contributed by atoms with Gasteiger partial charge in [-0.15, -0.1) is 0 Å². The summed E-state index contributed by atoms with van der Waals surface area (Å²) >= 11 is 1.90. The molecule has 1 saturated carbocycles. The smallest absolute Gasteiger partial charge is 0.135 e. The molecule has 2 nitrogen and oxygen atoms in total. The number of nitrogens with zero attached hydrogens (tertiary/aromatic N) is 1. The molecule has 4 rings (SSSR count). The predicted molar refractivity (Wildman–Crippen MR) is 79.1 cm³/mol. The molecular formula is C16H19NOS. The number of hydrogen-bond acceptors (Lipinski definition) is 3. The molecule has 2 fully saturated rings. The maximum absolute atomic E-state index is 5.49. The molecule has 1 aromatic heterocycles. The highest BCUT2D eigenvalue weighted by atomic mass is 32.2. The molecule has 1 aliphatic heterocycles. The van der Waals surface area contributed by atoms with Gasteiger partial charge in [-0.1, -0.05) is 6.42 Å². The molecule has 0 amide bonds. The third kappa shape index (κ3) is 2.00. The van der Waals surface area contributed by atoms with Crippen LogP contribution in [-0.2, 0) is 0 Å². The molecule has 0 N–H and O–H groups in total. The van der Waals surface area contributed by atoms with E-state index in [9.17, 15) is 0 Å². The first-order valence-corrected chi connectivity index (χ1v) is 7.93. The second-order valence-electron chi connectivity index (χ2n) is 6.19. The number of fused-ring (bicyclic) bond motifs is 1. The molecule has 2 aliphatic rings. The Bertz CT molecular complexity index is 602. The average Bonchev–Trinajstić information content (AvgIpc) is 2.93. The lowest BCUT2D eigenvalue weighted by atomic mass is 9.68. The van der Waals surface area contributed by atoms with Gasteiger partial charge in [0.25, 0.3) is 0 Å². The van der Waals surface area contributed by atoms with Crippen molar-refractivity contribution in [2.45, 2.75) is 43.5 Å². The van der Waals surface area contributed by atoms with Crippen LogP contribution in [-0.4, -0.2) is 16.9 Å². The zero-order chi connectivity index (χ0) is 12.9. The minimum Gasteiger partial charge on any atom is -0.464 e. The molecule has 100 valence electrons. The van der Waals surface area contributed by atoms with Crippen molar-refractivity contribution in [3.05, 3.63) is 30.5 Å². The van der Waals surface area contributed by atoms with Gasteiger partial charge < -0.3 is 4.42 Å². The van der Waals surface area contributed by atoms with Gasteiger partial charge in [0.15, 0.2) is 0 Å². The van der Waals surface area contributed by atoms with E-state index in [2.05, 4.69) is 29.4 Å². The van der Waals surface area contributed by atoms with Gasteiger partial charge in [-0.25, -0.2) is 4.31 Å². The summed E-state index contributed by atoms with van der Waals surface area (Å²) < 4.78 is 8.06. The van der Waals surface area contributed by atoms with Gasteiger partial charge in [0.05, 0.1) is 6.26 Å². The monoisotopic (exact) mass is 273 g/mol. The molecule has 3 heteroatoms. The van der Waals surface area contributed by atoms with Crippen LogP contribution in [0.5, 0.6) is 0 Å². The van der Waals surface area contributed by atoms with Gasteiger partial charge in [-0.05, 0) is 67.8 Å². The fourth-order valence-electron chi connectivity index (χ4n) is 3.57. The highest BCUT2D eigenvalue weighted by Crippen LogP contribution is 2.52. The molecule has 1 aromatic carbocycles. The molecule has 0 unspecified atom stereocenters. The van der Waals surface area contributed by atoms with Gasteiger partial charge in [0.1, 0.15) is 5.58 Å². The van der Waals surface area contributed by atoms with Crippen molar-refractivity contribution < 1.29 is 4.42 Å². The van der Waals surface area contributed by atoms with Crippen molar-refractivity contribution in [2.75, 3.05) is 6.54 Å². The van der Waals surface area contributed by atoms with E-state index < -0.39 is 0 Å². The summed E-state index contributed by atoms with van der Waals surface area (Å²) in [6.07, 6.45) is 7.45. The molecule has 2 heterocycles. The Hall–Kier alpha value is -0.930. The van der Waals surface area contributed by atoms with Gasteiger partial charge in [0.2, 0.25) is 0 Å². The number of furan rings is 1. The average molecular weight is 273 g/mol. The van der Waals surface area contributed by atoms with Crippen LogP contribution in [0.15, 0.2) is 39.8 Å². The van der Waals surface area contributed by atoms with Gasteiger partial charge in [-0.2, -0.15) is 0 Å². The van der Waals surface area contributed by atoms with Crippen molar-refractivity contribution in [1.29, 1.82) is 0 Å². The lowest BCUT2D eigenvalue weighted by Crippen LogP contribution is -2.31. The lowest BCUT2D eigenvalue weighted by Gasteiger charge is -2.38. The third-order valence-electron chi connectivity index (χ3n) is 4.78. The van der Waals surface area contributed by atoms with Gasteiger partial charge in [0, 0.05) is 22.9 Å². The first-order chi connectivity index (χ1) is 9.24. The van der Waals surface area contributed by atoms with Crippen molar-refractivity contribution >= 4 is 22.9 Å². The second kappa shape index (κ2) is 4.29. The molecule has 1 atom stereocenters. The zero-order valence-electron chi connectivity index (χ0n) is 11.3. The maximum Gasteiger partial charge on any atom is 0.135 e. The summed E-state index contributed by atoms with van der Waals surface area (Å²) in [5.74, 6) is 0. The Kier molecular flexibility index (Phi) is 2.68. The van der Waals surface area contributed by atoms with Crippen LogP contribution in [0.2, 0.25) is 0 Å². The molecule has 19 heavy (non-hydrogen) atoms. The van der Waals surface area contributed by atoms with Crippen LogP contribution in [0.1, 0.15) is 32.6 Å². The minimum absolute atomic E-state index is 0.654. The molecule has 0 bridgehead atoms. The van der Waals surface area contributed by atoms with Crippen LogP contribution in [0.3, 0.4) is 0 Å². The number of hydrogen-bond donors (Lipinski definition) is 0. The van der Waals surface area contributed by atoms with Gasteiger partial charge >= 0.3 is 0 Å². The van der Waals surface area contributed by atoms with E-state index in [0.29, 0.717) is 11.5 Å². The largest absolute Gasteiger partial charge is 0.464 e. The summed E-state index contributed by atoms with van der Waals surface area (Å²) in [5.41, 5.74) is 1.65. The quantitative estimate of drug-likeness (QED) is 0.738. The Balaban J connectivity index is 1.54. The Morgan fingerprint density at radius 1 is 1.32 bits per heavy atom. The Morgan fingerprint density at radius 3 is 2.95 bits per heavy atom. The molecule has 1 saturated heterocycles. The van der Waals surface area contributed by atoms with Crippen molar-refractivity contribution in [2.24, 2.45) is 5.41 Å². The van der Waals surface area contributed by atoms with Crippen molar-refractivity contribution in [1.82, 2.24) is 4.31 Å². The van der Waals surface area contributed by atoms with Crippen LogP contribution in [0.25, 0.3) is 11.0 Å². The number of benzene rings is 1. The SMILES string of the molecule is C[C@H]1CC2(CCC2)CN1Sc1ccc2ccoc2c1. The maximum atomic E-state index is 5.49.